The van der Waals surface area contributed by atoms with E-state index in [0.717, 1.165) is 28.2 Å². The minimum atomic E-state index is -0.231. The molecule has 0 fully saturated rings. The minimum Gasteiger partial charge on any atom is -0.303 e. The smallest absolute Gasteiger partial charge is 0.303 e. The van der Waals surface area contributed by atoms with Crippen molar-refractivity contribution in [3.63, 3.8) is 0 Å². The second-order valence-corrected chi connectivity index (χ2v) is 8.61. The zero-order chi connectivity index (χ0) is 23.1. The lowest BCUT2D eigenvalue weighted by molar-refractivity contribution is 0.775. The molecule has 1 aromatic carbocycles. The number of halogens is 1. The molecule has 4 heterocycles. The van der Waals surface area contributed by atoms with Crippen molar-refractivity contribution in [2.24, 2.45) is 0 Å². The Morgan fingerprint density at radius 3 is 2.61 bits per heavy atom. The lowest BCUT2D eigenvalue weighted by Gasteiger charge is -2.10. The molecule has 0 saturated carbocycles. The maximum absolute atomic E-state index is 12.7. The number of hydrogen-bond donors (Lipinski definition) is 1. The Morgan fingerprint density at radius 2 is 1.91 bits per heavy atom. The number of hydrogen-bond acceptors (Lipinski definition) is 5. The fraction of sp³-hybridized carbons (Fsp3) is 0.208. The van der Waals surface area contributed by atoms with Crippen LogP contribution in [0.25, 0.3) is 28.2 Å². The Kier molecular flexibility index (Phi) is 5.30. The van der Waals surface area contributed by atoms with E-state index in [1.165, 1.54) is 0 Å². The van der Waals surface area contributed by atoms with Gasteiger partial charge < -0.3 is 4.98 Å². The first-order valence-electron chi connectivity index (χ1n) is 10.6. The lowest BCUT2D eigenvalue weighted by atomic mass is 10.0. The van der Waals surface area contributed by atoms with E-state index >= 15 is 0 Å². The summed E-state index contributed by atoms with van der Waals surface area (Å²) in [5.41, 5.74) is 5.52. The van der Waals surface area contributed by atoms with Gasteiger partial charge in [0, 0.05) is 17.5 Å². The summed E-state index contributed by atoms with van der Waals surface area (Å²) in [6.07, 6.45) is 3.42. The zero-order valence-electron chi connectivity index (χ0n) is 18.5. The fourth-order valence-corrected chi connectivity index (χ4v) is 4.15. The number of aromatic amines is 1. The van der Waals surface area contributed by atoms with Crippen LogP contribution in [0.15, 0.2) is 59.7 Å². The van der Waals surface area contributed by atoms with Crippen molar-refractivity contribution in [1.29, 1.82) is 0 Å². The Balaban J connectivity index is 1.51. The summed E-state index contributed by atoms with van der Waals surface area (Å²) in [5.74, 6) is 0.772. The van der Waals surface area contributed by atoms with Crippen LogP contribution in [0.4, 0.5) is 0 Å². The molecule has 4 aromatic heterocycles. The molecule has 166 valence electrons. The van der Waals surface area contributed by atoms with Crippen molar-refractivity contribution >= 4 is 22.8 Å². The Bertz CT molecular complexity index is 1510. The van der Waals surface area contributed by atoms with E-state index in [1.54, 1.807) is 21.6 Å². The maximum Gasteiger partial charge on any atom is 0.328 e. The average molecular weight is 460 g/mol. The third kappa shape index (κ3) is 3.93. The van der Waals surface area contributed by atoms with Crippen molar-refractivity contribution < 1.29 is 0 Å². The Labute approximate surface area is 194 Å². The molecule has 0 aliphatic heterocycles. The number of fused-ring (bicyclic) bond motifs is 1. The van der Waals surface area contributed by atoms with Crippen molar-refractivity contribution in [3.05, 3.63) is 87.4 Å². The van der Waals surface area contributed by atoms with Crippen LogP contribution in [-0.2, 0) is 6.54 Å². The van der Waals surface area contributed by atoms with Crippen molar-refractivity contribution in [3.8, 4) is 17.1 Å². The SMILES string of the molecule is Cc1cc(Cl)nn1-c1ccc(Cn2c(=O)[nH]c3cnc(-c4cccnc4C(C)C)nc32)cc1. The first-order valence-corrected chi connectivity index (χ1v) is 11.0. The van der Waals surface area contributed by atoms with Gasteiger partial charge in [-0.2, -0.15) is 5.10 Å². The minimum absolute atomic E-state index is 0.223. The third-order valence-electron chi connectivity index (χ3n) is 5.52. The number of pyridine rings is 1. The number of benzene rings is 1. The van der Waals surface area contributed by atoms with Gasteiger partial charge in [-0.15, -0.1) is 0 Å². The fourth-order valence-electron chi connectivity index (χ4n) is 3.91. The summed E-state index contributed by atoms with van der Waals surface area (Å²) in [4.78, 5) is 29.3. The number of aryl methyl sites for hydroxylation is 1. The van der Waals surface area contributed by atoms with E-state index in [-0.39, 0.29) is 11.6 Å². The molecule has 5 aromatic rings. The van der Waals surface area contributed by atoms with Gasteiger partial charge in [0.2, 0.25) is 0 Å². The molecule has 8 nitrogen and oxygen atoms in total. The highest BCUT2D eigenvalue weighted by molar-refractivity contribution is 6.29. The number of imidazole rings is 1. The van der Waals surface area contributed by atoms with Crippen molar-refractivity contribution in [1.82, 2.24) is 34.3 Å². The third-order valence-corrected chi connectivity index (χ3v) is 5.70. The number of aromatic nitrogens is 7. The molecule has 9 heteroatoms. The number of nitrogens with zero attached hydrogens (tertiary/aromatic N) is 6. The van der Waals surface area contributed by atoms with Gasteiger partial charge in [-0.1, -0.05) is 37.6 Å². The molecule has 0 atom stereocenters. The number of rotatable bonds is 5. The van der Waals surface area contributed by atoms with Gasteiger partial charge >= 0.3 is 5.69 Å². The zero-order valence-corrected chi connectivity index (χ0v) is 19.2. The molecule has 0 saturated heterocycles. The van der Waals surface area contributed by atoms with E-state index in [2.05, 4.69) is 33.9 Å². The molecule has 0 aliphatic rings. The van der Waals surface area contributed by atoms with E-state index in [9.17, 15) is 4.79 Å². The molecule has 0 spiro atoms. The number of nitrogens with one attached hydrogen (secondary N) is 1. The van der Waals surface area contributed by atoms with Gasteiger partial charge in [0.05, 0.1) is 24.1 Å². The van der Waals surface area contributed by atoms with Crippen LogP contribution in [0.1, 0.15) is 36.7 Å². The largest absolute Gasteiger partial charge is 0.328 e. The van der Waals surface area contributed by atoms with E-state index in [4.69, 9.17) is 16.6 Å². The molecule has 33 heavy (non-hydrogen) atoms. The highest BCUT2D eigenvalue weighted by Gasteiger charge is 2.16. The van der Waals surface area contributed by atoms with Crippen LogP contribution in [0.2, 0.25) is 5.15 Å². The molecule has 0 bridgehead atoms. The summed E-state index contributed by atoms with van der Waals surface area (Å²) >= 11 is 6.01. The van der Waals surface area contributed by atoms with Gasteiger partial charge in [-0.25, -0.2) is 19.4 Å². The molecule has 0 amide bonds. The van der Waals surface area contributed by atoms with Gasteiger partial charge in [0.25, 0.3) is 0 Å². The predicted molar refractivity (Wildman–Crippen MR) is 128 cm³/mol. The van der Waals surface area contributed by atoms with Crippen LogP contribution in [-0.4, -0.2) is 34.3 Å². The standard InChI is InChI=1S/C24H22ClN7O/c1-14(2)21-18(5-4-10-26-21)22-27-12-19-23(29-22)31(24(33)28-19)13-16-6-8-17(9-7-16)32-15(3)11-20(25)30-32/h4-12,14H,13H2,1-3H3,(H,28,33). The van der Waals surface area contributed by atoms with Crippen molar-refractivity contribution in [2.75, 3.05) is 0 Å². The first kappa shape index (κ1) is 21.1. The molecule has 0 unspecified atom stereocenters. The maximum atomic E-state index is 12.7. The molecule has 5 rings (SSSR count). The van der Waals surface area contributed by atoms with E-state index < -0.39 is 0 Å². The first-order chi connectivity index (χ1) is 15.9. The quantitative estimate of drug-likeness (QED) is 0.417. The van der Waals surface area contributed by atoms with E-state index in [0.29, 0.717) is 28.7 Å². The topological polar surface area (TPSA) is 94.3 Å². The normalized spacial score (nSPS) is 11.5. The van der Waals surface area contributed by atoms with E-state index in [1.807, 2.05) is 49.4 Å². The van der Waals surface area contributed by atoms with Gasteiger partial charge in [0.1, 0.15) is 5.52 Å². The Morgan fingerprint density at radius 1 is 1.12 bits per heavy atom. The van der Waals surface area contributed by atoms with Crippen LogP contribution < -0.4 is 5.69 Å². The highest BCUT2D eigenvalue weighted by Crippen LogP contribution is 2.25. The molecule has 0 radical (unpaired) electrons. The van der Waals surface area contributed by atoms with Gasteiger partial charge in [0.15, 0.2) is 16.6 Å². The van der Waals surface area contributed by atoms with Gasteiger partial charge in [-0.3, -0.25) is 9.55 Å². The average Bonchev–Trinajstić information content (AvgIpc) is 3.31. The number of H-pyrrole nitrogens is 1. The second kappa shape index (κ2) is 8.29. The predicted octanol–water partition coefficient (Wildman–Crippen LogP) is 4.50. The summed E-state index contributed by atoms with van der Waals surface area (Å²) in [6.45, 7) is 6.49. The summed E-state index contributed by atoms with van der Waals surface area (Å²) in [7, 11) is 0. The highest BCUT2D eigenvalue weighted by atomic mass is 35.5. The molecular formula is C24H22ClN7O. The summed E-state index contributed by atoms with van der Waals surface area (Å²) in [6, 6.07) is 13.5. The van der Waals surface area contributed by atoms with Crippen LogP contribution in [0.5, 0.6) is 0 Å². The molecule has 1 N–H and O–H groups in total. The van der Waals surface area contributed by atoms with Crippen LogP contribution in [0.3, 0.4) is 0 Å². The van der Waals surface area contributed by atoms with Crippen LogP contribution >= 0.6 is 11.6 Å². The summed E-state index contributed by atoms with van der Waals surface area (Å²) in [5, 5.41) is 4.75. The molecular weight excluding hydrogens is 438 g/mol. The lowest BCUT2D eigenvalue weighted by Crippen LogP contribution is -2.18. The van der Waals surface area contributed by atoms with Crippen LogP contribution in [0, 0.1) is 6.92 Å². The second-order valence-electron chi connectivity index (χ2n) is 8.22. The Hall–Kier alpha value is -3.78. The summed E-state index contributed by atoms with van der Waals surface area (Å²) < 4.78 is 3.40. The van der Waals surface area contributed by atoms with Gasteiger partial charge in [-0.05, 0) is 48.7 Å². The monoisotopic (exact) mass is 459 g/mol. The van der Waals surface area contributed by atoms with Crippen molar-refractivity contribution in [2.45, 2.75) is 33.2 Å². The molecule has 0 aliphatic carbocycles.